The van der Waals surface area contributed by atoms with Crippen LogP contribution in [0.25, 0.3) is 16.6 Å². The molecule has 23 heavy (non-hydrogen) atoms. The van der Waals surface area contributed by atoms with E-state index in [1.165, 1.54) is 28.8 Å². The van der Waals surface area contributed by atoms with Gasteiger partial charge in [-0.25, -0.2) is 0 Å². The number of non-ortho nitro benzene ring substituents is 1. The number of nitrogens with two attached hydrogens (primary N) is 1. The molecule has 0 unspecified atom stereocenters. The highest BCUT2D eigenvalue weighted by molar-refractivity contribution is 5.84. The second kappa shape index (κ2) is 5.01. The van der Waals surface area contributed by atoms with Crippen LogP contribution in [0.15, 0.2) is 48.7 Å². The van der Waals surface area contributed by atoms with Gasteiger partial charge in [-0.15, -0.1) is 0 Å². The third-order valence-electron chi connectivity index (χ3n) is 3.43. The van der Waals surface area contributed by atoms with Crippen molar-refractivity contribution in [1.82, 2.24) is 4.57 Å². The van der Waals surface area contributed by atoms with Gasteiger partial charge < -0.3 is 10.3 Å². The maximum atomic E-state index is 12.9. The van der Waals surface area contributed by atoms with Gasteiger partial charge in [-0.2, -0.15) is 13.2 Å². The molecule has 0 aliphatic carbocycles. The summed E-state index contributed by atoms with van der Waals surface area (Å²) < 4.78 is 40.2. The Hall–Kier alpha value is -3.03. The molecular weight excluding hydrogens is 311 g/mol. The molecule has 0 aliphatic heterocycles. The van der Waals surface area contributed by atoms with Crippen LogP contribution in [0.3, 0.4) is 0 Å². The quantitative estimate of drug-likeness (QED) is 0.438. The molecule has 2 N–H and O–H groups in total. The van der Waals surface area contributed by atoms with Crippen LogP contribution in [0.2, 0.25) is 0 Å². The summed E-state index contributed by atoms with van der Waals surface area (Å²) in [6.07, 6.45) is -2.96. The Morgan fingerprint density at radius 1 is 1.09 bits per heavy atom. The summed E-state index contributed by atoms with van der Waals surface area (Å²) in [6.45, 7) is 0. The molecule has 0 radical (unpaired) electrons. The van der Waals surface area contributed by atoms with Crippen LogP contribution in [-0.4, -0.2) is 9.49 Å². The molecule has 0 bridgehead atoms. The van der Waals surface area contributed by atoms with Crippen LogP contribution >= 0.6 is 0 Å². The van der Waals surface area contributed by atoms with Crippen molar-refractivity contribution in [3.05, 3.63) is 64.3 Å². The van der Waals surface area contributed by atoms with E-state index in [1.54, 1.807) is 12.3 Å². The molecule has 0 aliphatic rings. The predicted molar refractivity (Wildman–Crippen MR) is 79.3 cm³/mol. The number of nitrogen functional groups attached to an aromatic ring is 1. The number of nitro groups is 1. The Bertz CT molecular complexity index is 916. The van der Waals surface area contributed by atoms with E-state index >= 15 is 0 Å². The molecule has 0 atom stereocenters. The monoisotopic (exact) mass is 321 g/mol. The topological polar surface area (TPSA) is 74.1 Å². The van der Waals surface area contributed by atoms with Crippen molar-refractivity contribution in [1.29, 1.82) is 0 Å². The third kappa shape index (κ3) is 2.70. The van der Waals surface area contributed by atoms with Gasteiger partial charge in [0.25, 0.3) is 5.69 Å². The Balaban J connectivity index is 2.17. The first-order valence-electron chi connectivity index (χ1n) is 6.49. The lowest BCUT2D eigenvalue weighted by Crippen LogP contribution is -2.07. The molecule has 0 fully saturated rings. The van der Waals surface area contributed by atoms with Crippen molar-refractivity contribution in [2.45, 2.75) is 6.18 Å². The fourth-order valence-electron chi connectivity index (χ4n) is 2.41. The third-order valence-corrected chi connectivity index (χ3v) is 3.43. The molecule has 0 amide bonds. The van der Waals surface area contributed by atoms with E-state index in [-0.39, 0.29) is 17.1 Å². The minimum atomic E-state index is -4.51. The average molecular weight is 321 g/mol. The van der Waals surface area contributed by atoms with Crippen LogP contribution in [-0.2, 0) is 6.18 Å². The van der Waals surface area contributed by atoms with E-state index in [9.17, 15) is 23.3 Å². The molecular formula is C15H10F3N3O2. The normalized spacial score (nSPS) is 11.8. The smallest absolute Gasteiger partial charge is 0.399 e. The fourth-order valence-corrected chi connectivity index (χ4v) is 2.41. The molecule has 2 aromatic carbocycles. The molecule has 3 aromatic rings. The maximum absolute atomic E-state index is 12.9. The van der Waals surface area contributed by atoms with Crippen LogP contribution in [0.4, 0.5) is 24.5 Å². The highest BCUT2D eigenvalue weighted by Gasteiger charge is 2.31. The van der Waals surface area contributed by atoms with Gasteiger partial charge in [0.15, 0.2) is 0 Å². The van der Waals surface area contributed by atoms with Crippen LogP contribution < -0.4 is 5.73 Å². The van der Waals surface area contributed by atoms with Gasteiger partial charge in [0.1, 0.15) is 0 Å². The molecule has 5 nitrogen and oxygen atoms in total. The number of anilines is 1. The number of halogens is 3. The van der Waals surface area contributed by atoms with Crippen molar-refractivity contribution in [2.75, 3.05) is 5.73 Å². The number of alkyl halides is 3. The van der Waals surface area contributed by atoms with Gasteiger partial charge in [-0.05, 0) is 30.3 Å². The van der Waals surface area contributed by atoms with Crippen LogP contribution in [0, 0.1) is 10.1 Å². The van der Waals surface area contributed by atoms with E-state index in [1.807, 2.05) is 0 Å². The summed E-state index contributed by atoms with van der Waals surface area (Å²) in [4.78, 5) is 10.2. The molecule has 1 heterocycles. The highest BCUT2D eigenvalue weighted by atomic mass is 19.4. The van der Waals surface area contributed by atoms with Gasteiger partial charge in [-0.1, -0.05) is 0 Å². The Labute approximate surface area is 127 Å². The van der Waals surface area contributed by atoms with E-state index in [0.717, 1.165) is 12.1 Å². The van der Waals surface area contributed by atoms with E-state index in [4.69, 9.17) is 5.73 Å². The first-order chi connectivity index (χ1) is 10.8. The highest BCUT2D eigenvalue weighted by Crippen LogP contribution is 2.33. The second-order valence-corrected chi connectivity index (χ2v) is 5.00. The molecule has 0 saturated heterocycles. The Morgan fingerprint density at radius 3 is 2.48 bits per heavy atom. The SMILES string of the molecule is Nc1cc(-n2ccc3cc([N+](=O)[O-])ccc32)cc(C(F)(F)F)c1. The summed E-state index contributed by atoms with van der Waals surface area (Å²) in [5.74, 6) is 0. The lowest BCUT2D eigenvalue weighted by molar-refractivity contribution is -0.384. The number of nitrogens with zero attached hydrogens (tertiary/aromatic N) is 2. The zero-order valence-electron chi connectivity index (χ0n) is 11.5. The van der Waals surface area contributed by atoms with E-state index < -0.39 is 16.7 Å². The lowest BCUT2D eigenvalue weighted by Gasteiger charge is -2.12. The minimum absolute atomic E-state index is 0.0152. The van der Waals surface area contributed by atoms with Gasteiger partial charge in [-0.3, -0.25) is 10.1 Å². The van der Waals surface area contributed by atoms with Gasteiger partial charge in [0.05, 0.1) is 16.0 Å². The van der Waals surface area contributed by atoms with Crippen molar-refractivity contribution in [2.24, 2.45) is 0 Å². The minimum Gasteiger partial charge on any atom is -0.399 e. The molecule has 1 aromatic heterocycles. The van der Waals surface area contributed by atoms with Crippen LogP contribution in [0.1, 0.15) is 5.56 Å². The number of rotatable bonds is 2. The van der Waals surface area contributed by atoms with Crippen molar-refractivity contribution in [3.63, 3.8) is 0 Å². The van der Waals surface area contributed by atoms with Gasteiger partial charge in [0, 0.05) is 35.1 Å². The molecule has 3 rings (SSSR count). The molecule has 8 heteroatoms. The van der Waals surface area contributed by atoms with Crippen molar-refractivity contribution < 1.29 is 18.1 Å². The standard InChI is InChI=1S/C15H10F3N3O2/c16-15(17,18)10-6-11(19)8-13(7-10)20-4-3-9-5-12(21(22)23)1-2-14(9)20/h1-8H,19H2. The van der Waals surface area contributed by atoms with Crippen molar-refractivity contribution in [3.8, 4) is 5.69 Å². The number of benzene rings is 2. The summed E-state index contributed by atoms with van der Waals surface area (Å²) >= 11 is 0. The van der Waals surface area contributed by atoms with Crippen molar-refractivity contribution >= 4 is 22.3 Å². The largest absolute Gasteiger partial charge is 0.416 e. The summed E-state index contributed by atoms with van der Waals surface area (Å²) in [5, 5.41) is 11.3. The zero-order chi connectivity index (χ0) is 16.8. The number of hydrogen-bond acceptors (Lipinski definition) is 3. The number of nitro benzene ring substituents is 1. The molecule has 0 saturated carbocycles. The molecule has 0 spiro atoms. The van der Waals surface area contributed by atoms with Gasteiger partial charge >= 0.3 is 6.18 Å². The maximum Gasteiger partial charge on any atom is 0.416 e. The van der Waals surface area contributed by atoms with E-state index in [2.05, 4.69) is 0 Å². The summed E-state index contributed by atoms with van der Waals surface area (Å²) in [5.41, 5.74) is 5.40. The zero-order valence-corrected chi connectivity index (χ0v) is 11.5. The molecule has 118 valence electrons. The van der Waals surface area contributed by atoms with Gasteiger partial charge in [0.2, 0.25) is 0 Å². The summed E-state index contributed by atoms with van der Waals surface area (Å²) in [7, 11) is 0. The Kier molecular flexibility index (Phi) is 3.24. The lowest BCUT2D eigenvalue weighted by atomic mass is 10.1. The predicted octanol–water partition coefficient (Wildman–Crippen LogP) is 4.14. The number of fused-ring (bicyclic) bond motifs is 1. The fraction of sp³-hybridized carbons (Fsp3) is 0.0667. The summed E-state index contributed by atoms with van der Waals surface area (Å²) in [6, 6.07) is 9.01. The Morgan fingerprint density at radius 2 is 1.83 bits per heavy atom. The first-order valence-corrected chi connectivity index (χ1v) is 6.49. The first kappa shape index (κ1) is 14.9. The van der Waals surface area contributed by atoms with E-state index in [0.29, 0.717) is 10.9 Å². The average Bonchev–Trinajstić information content (AvgIpc) is 2.88. The second-order valence-electron chi connectivity index (χ2n) is 5.00. The van der Waals surface area contributed by atoms with Crippen LogP contribution in [0.5, 0.6) is 0 Å². The number of aromatic nitrogens is 1. The number of hydrogen-bond donors (Lipinski definition) is 1.